The Hall–Kier alpha value is -2.55. The Kier molecular flexibility index (Phi) is 20.5. The second kappa shape index (κ2) is 24.2. The summed E-state index contributed by atoms with van der Waals surface area (Å²) in [6, 6.07) is -1.02. The number of thioether (sulfide) groups is 1. The zero-order chi connectivity index (χ0) is 38.2. The van der Waals surface area contributed by atoms with Gasteiger partial charge >= 0.3 is 12.1 Å². The molecule has 3 fully saturated rings. The first-order valence-corrected chi connectivity index (χ1v) is 19.5. The molecule has 0 spiro atoms. The molecule has 18 nitrogen and oxygen atoms in total. The molecule has 301 valence electrons. The van der Waals surface area contributed by atoms with Crippen LogP contribution in [0.4, 0.5) is 15.4 Å². The monoisotopic (exact) mass is 855 g/mol. The SMILES string of the molecule is CC[C@@H]1[CH-]C(C)[C@H](n2cnc(C(=O)NC(C)CC(=O)NCCOCCOCCOCCNC(=O)CCCCC3SCC4NC(=O)NC43)c2NC(N)=O)O1.[Y]. The molecular weight excluding hydrogens is 799 g/mol. The van der Waals surface area contributed by atoms with Gasteiger partial charge in [-0.05, 0) is 19.8 Å². The summed E-state index contributed by atoms with van der Waals surface area (Å²) in [5.74, 6) is 0.253. The van der Waals surface area contributed by atoms with Crippen LogP contribution in [0, 0.1) is 12.3 Å². The van der Waals surface area contributed by atoms with Gasteiger partial charge in [0.1, 0.15) is 12.0 Å². The number of ether oxygens (including phenoxy) is 4. The molecule has 20 heteroatoms. The smallest absolute Gasteiger partial charge is 0.317 e. The predicted octanol–water partition coefficient (Wildman–Crippen LogP) is 1.04. The largest absolute Gasteiger partial charge is 0.389 e. The summed E-state index contributed by atoms with van der Waals surface area (Å²) in [6.07, 6.45) is 7.01. The van der Waals surface area contributed by atoms with Gasteiger partial charge in [0.05, 0.1) is 58.1 Å². The topological polar surface area (TPSA) is 238 Å². The van der Waals surface area contributed by atoms with Crippen LogP contribution in [0.1, 0.15) is 76.0 Å². The number of anilines is 1. The molecule has 4 rings (SSSR count). The van der Waals surface area contributed by atoms with Crippen molar-refractivity contribution in [2.24, 2.45) is 11.7 Å². The van der Waals surface area contributed by atoms with E-state index in [1.165, 1.54) is 6.33 Å². The summed E-state index contributed by atoms with van der Waals surface area (Å²) >= 11 is 1.88. The van der Waals surface area contributed by atoms with E-state index in [9.17, 15) is 24.0 Å². The first-order valence-electron chi connectivity index (χ1n) is 18.5. The molecule has 0 aromatic carbocycles. The number of carbonyl (C=O) groups excluding carboxylic acids is 5. The first kappa shape index (κ1) is 45.8. The van der Waals surface area contributed by atoms with Crippen molar-refractivity contribution in [1.29, 1.82) is 0 Å². The van der Waals surface area contributed by atoms with Gasteiger partial charge in [-0.1, -0.05) is 32.8 Å². The second-order valence-corrected chi connectivity index (χ2v) is 14.6. The van der Waals surface area contributed by atoms with Crippen LogP contribution in [0.2, 0.25) is 0 Å². The van der Waals surface area contributed by atoms with E-state index in [2.05, 4.69) is 43.3 Å². The Bertz CT molecular complexity index is 1380. The molecule has 1 radical (unpaired) electrons. The molecule has 3 aliphatic rings. The maximum Gasteiger partial charge on any atom is 0.317 e. The molecule has 8 N–H and O–H groups in total. The third-order valence-corrected chi connectivity index (χ3v) is 10.5. The maximum atomic E-state index is 13.0. The fourth-order valence-corrected chi connectivity index (χ4v) is 7.96. The van der Waals surface area contributed by atoms with E-state index in [0.29, 0.717) is 64.4 Å². The van der Waals surface area contributed by atoms with Crippen LogP contribution in [0.3, 0.4) is 0 Å². The number of urea groups is 2. The van der Waals surface area contributed by atoms with Crippen LogP contribution in [-0.4, -0.2) is 127 Å². The summed E-state index contributed by atoms with van der Waals surface area (Å²) in [6.45, 7) is 8.59. The zero-order valence-electron chi connectivity index (χ0n) is 31.4. The number of primary amides is 1. The molecule has 1 aromatic heterocycles. The van der Waals surface area contributed by atoms with Crippen LogP contribution in [0.15, 0.2) is 6.33 Å². The Balaban J connectivity index is 0.00000784. The molecule has 3 saturated heterocycles. The van der Waals surface area contributed by atoms with Gasteiger partial charge in [0.2, 0.25) is 11.8 Å². The van der Waals surface area contributed by atoms with E-state index >= 15 is 0 Å². The summed E-state index contributed by atoms with van der Waals surface area (Å²) in [7, 11) is 0. The fourth-order valence-electron chi connectivity index (χ4n) is 6.42. The van der Waals surface area contributed by atoms with E-state index in [4.69, 9.17) is 24.7 Å². The van der Waals surface area contributed by atoms with E-state index in [1.807, 2.05) is 25.6 Å². The number of carbonyl (C=O) groups is 5. The van der Waals surface area contributed by atoms with Crippen molar-refractivity contribution in [1.82, 2.24) is 36.1 Å². The Labute approximate surface area is 346 Å². The number of imidazole rings is 1. The fraction of sp³-hybridized carbons (Fsp3) is 0.735. The molecule has 0 bridgehead atoms. The molecule has 4 heterocycles. The van der Waals surface area contributed by atoms with Crippen molar-refractivity contribution in [3.8, 4) is 0 Å². The third kappa shape index (κ3) is 14.8. The predicted molar refractivity (Wildman–Crippen MR) is 197 cm³/mol. The number of nitrogens with one attached hydrogen (secondary N) is 6. The van der Waals surface area contributed by atoms with Crippen molar-refractivity contribution in [2.45, 2.75) is 95.0 Å². The number of amides is 7. The third-order valence-electron chi connectivity index (χ3n) is 9.04. The van der Waals surface area contributed by atoms with Gasteiger partial charge in [-0.15, -0.1) is 5.92 Å². The zero-order valence-corrected chi connectivity index (χ0v) is 35.1. The van der Waals surface area contributed by atoms with Gasteiger partial charge in [-0.2, -0.15) is 11.8 Å². The van der Waals surface area contributed by atoms with Crippen LogP contribution in [0.25, 0.3) is 0 Å². The minimum atomic E-state index is -0.844. The summed E-state index contributed by atoms with van der Waals surface area (Å²) in [5, 5.41) is 17.2. The standard InChI is InChI=1S/C34H56N9O9S.Y/c1-4-23-17-21(2)32(52-23)43-20-38-29(30(43)42-33(35)47)31(46)39-22(3)18-27(45)37-10-12-50-14-16-51-15-13-49-11-9-36-26(44)8-6-5-7-25-28-24(19-53-25)40-34(48)41-28;/h17,20-25,28,32H,4-16,18-19H2,1-3H3,(H,36,44)(H,37,45)(H,39,46)(H3,35,42,47)(H2,40,41,48);/q-1;/t21?,22?,23-,24?,25?,28?,32-;/m1./s1. The minimum Gasteiger partial charge on any atom is -0.389 e. The molecule has 0 aliphatic carbocycles. The minimum absolute atomic E-state index is 0. The summed E-state index contributed by atoms with van der Waals surface area (Å²) in [4.78, 5) is 64.9. The number of unbranched alkanes of at least 4 members (excludes halogenated alkanes) is 1. The van der Waals surface area contributed by atoms with Gasteiger partial charge in [0, 0.05) is 75.7 Å². The number of fused-ring (bicyclic) bond motifs is 1. The van der Waals surface area contributed by atoms with Gasteiger partial charge in [-0.25, -0.2) is 14.6 Å². The number of nitrogens with two attached hydrogens (primary N) is 1. The van der Waals surface area contributed by atoms with E-state index < -0.39 is 24.2 Å². The normalized spacial score (nSPS) is 23.4. The van der Waals surface area contributed by atoms with Crippen molar-refractivity contribution >= 4 is 47.4 Å². The Morgan fingerprint density at radius 1 is 1.06 bits per heavy atom. The van der Waals surface area contributed by atoms with E-state index in [-0.39, 0.29) is 92.6 Å². The number of hydrogen-bond donors (Lipinski definition) is 7. The van der Waals surface area contributed by atoms with Crippen molar-refractivity contribution < 1.29 is 75.6 Å². The second-order valence-electron chi connectivity index (χ2n) is 13.3. The first-order chi connectivity index (χ1) is 25.5. The van der Waals surface area contributed by atoms with Crippen LogP contribution in [0.5, 0.6) is 0 Å². The number of rotatable bonds is 24. The number of nitrogens with zero attached hydrogens (tertiary/aromatic N) is 2. The van der Waals surface area contributed by atoms with Crippen molar-refractivity contribution in [2.75, 3.05) is 63.8 Å². The van der Waals surface area contributed by atoms with Crippen molar-refractivity contribution in [3.05, 3.63) is 18.4 Å². The molecular formula is C34H56N9O9SY-. The van der Waals surface area contributed by atoms with Gasteiger partial charge in [0.25, 0.3) is 5.91 Å². The van der Waals surface area contributed by atoms with Gasteiger partial charge in [-0.3, -0.25) is 30.7 Å². The Morgan fingerprint density at radius 3 is 2.37 bits per heavy atom. The quantitative estimate of drug-likeness (QED) is 0.0441. The van der Waals surface area contributed by atoms with E-state index in [0.717, 1.165) is 31.4 Å². The molecule has 7 amide bonds. The van der Waals surface area contributed by atoms with Crippen LogP contribution >= 0.6 is 11.8 Å². The summed E-state index contributed by atoms with van der Waals surface area (Å²) in [5.41, 5.74) is 5.34. The number of hydrogen-bond acceptors (Lipinski definition) is 11. The van der Waals surface area contributed by atoms with Gasteiger partial charge < -0.3 is 51.3 Å². The molecule has 3 aliphatic heterocycles. The number of aromatic nitrogens is 2. The van der Waals surface area contributed by atoms with E-state index in [1.54, 1.807) is 11.5 Å². The maximum absolute atomic E-state index is 13.0. The van der Waals surface area contributed by atoms with Crippen LogP contribution < -0.4 is 37.6 Å². The van der Waals surface area contributed by atoms with Crippen molar-refractivity contribution in [3.63, 3.8) is 0 Å². The summed E-state index contributed by atoms with van der Waals surface area (Å²) < 4.78 is 24.1. The van der Waals surface area contributed by atoms with Gasteiger partial charge in [0.15, 0.2) is 5.69 Å². The molecule has 0 saturated carbocycles. The van der Waals surface area contributed by atoms with Crippen LogP contribution in [-0.2, 0) is 61.2 Å². The average Bonchev–Trinajstić information content (AvgIpc) is 3.88. The Morgan fingerprint density at radius 2 is 1.72 bits per heavy atom. The molecule has 54 heavy (non-hydrogen) atoms. The average molecular weight is 856 g/mol. The molecule has 5 unspecified atom stereocenters. The molecule has 1 aromatic rings. The molecule has 7 atom stereocenters.